The molecule has 0 saturated carbocycles. The molecular formula is C23H25FN4O4S. The van der Waals surface area contributed by atoms with Crippen LogP contribution in [0.1, 0.15) is 11.1 Å². The van der Waals surface area contributed by atoms with Crippen molar-refractivity contribution >= 4 is 32.9 Å². The third kappa shape index (κ3) is 5.98. The van der Waals surface area contributed by atoms with Gasteiger partial charge in [-0.1, -0.05) is 12.1 Å². The maximum absolute atomic E-state index is 14.4. The highest BCUT2D eigenvalue weighted by molar-refractivity contribution is 7.91. The van der Waals surface area contributed by atoms with E-state index in [1.165, 1.54) is 12.1 Å². The van der Waals surface area contributed by atoms with Crippen LogP contribution in [0.5, 0.6) is 5.75 Å². The molecule has 0 aliphatic carbocycles. The Morgan fingerprint density at radius 2 is 1.91 bits per heavy atom. The lowest BCUT2D eigenvalue weighted by Crippen LogP contribution is -2.29. The molecule has 4 N–H and O–H groups in total. The van der Waals surface area contributed by atoms with Crippen LogP contribution in [0.15, 0.2) is 48.5 Å². The summed E-state index contributed by atoms with van der Waals surface area (Å²) in [4.78, 5) is 17.7. The van der Waals surface area contributed by atoms with E-state index >= 15 is 0 Å². The zero-order chi connectivity index (χ0) is 24.3. The van der Waals surface area contributed by atoms with E-state index in [1.54, 1.807) is 42.3 Å². The van der Waals surface area contributed by atoms with Crippen LogP contribution >= 0.6 is 0 Å². The van der Waals surface area contributed by atoms with Gasteiger partial charge < -0.3 is 21.1 Å². The zero-order valence-corrected chi connectivity index (χ0v) is 19.3. The molecular weight excluding hydrogens is 447 g/mol. The van der Waals surface area contributed by atoms with Gasteiger partial charge in [0.25, 0.3) is 0 Å². The first-order valence-corrected chi connectivity index (χ1v) is 12.0. The van der Waals surface area contributed by atoms with Crippen molar-refractivity contribution in [3.63, 3.8) is 0 Å². The lowest BCUT2D eigenvalue weighted by atomic mass is 10.1. The van der Waals surface area contributed by atoms with Gasteiger partial charge in [0.2, 0.25) is 5.91 Å². The number of pyridine rings is 1. The van der Waals surface area contributed by atoms with Crippen LogP contribution in [-0.2, 0) is 21.2 Å². The number of carbonyl (C=O) groups is 1. The molecule has 1 heterocycles. The molecule has 0 atom stereocenters. The number of carbonyl (C=O) groups excluding carboxylic acids is 1. The minimum Gasteiger partial charge on any atom is -0.507 e. The van der Waals surface area contributed by atoms with Crippen LogP contribution in [0, 0.1) is 12.7 Å². The van der Waals surface area contributed by atoms with Crippen LogP contribution in [0.4, 0.5) is 21.6 Å². The summed E-state index contributed by atoms with van der Waals surface area (Å²) in [5.41, 5.74) is 9.11. The van der Waals surface area contributed by atoms with E-state index in [1.807, 2.05) is 13.0 Å². The molecule has 2 aromatic carbocycles. The SMILES string of the molecule is Cc1ccc(N(C)c2ccc(O)c(-c3ccc(CNC(=O)CS(C)(=O)=O)c(N)n3)c2)c(F)c1. The van der Waals surface area contributed by atoms with Crippen molar-refractivity contribution in [3.05, 3.63) is 65.5 Å². The largest absolute Gasteiger partial charge is 0.507 e. The Morgan fingerprint density at radius 1 is 1.18 bits per heavy atom. The molecule has 0 saturated heterocycles. The Morgan fingerprint density at radius 3 is 2.55 bits per heavy atom. The fourth-order valence-corrected chi connectivity index (χ4v) is 3.83. The number of nitrogen functional groups attached to an aromatic ring is 1. The number of rotatable bonds is 7. The number of sulfone groups is 1. The summed E-state index contributed by atoms with van der Waals surface area (Å²) in [5.74, 6) is -1.53. The van der Waals surface area contributed by atoms with Gasteiger partial charge >= 0.3 is 0 Å². The normalized spacial score (nSPS) is 11.3. The van der Waals surface area contributed by atoms with Crippen LogP contribution in [0.3, 0.4) is 0 Å². The maximum Gasteiger partial charge on any atom is 0.235 e. The van der Waals surface area contributed by atoms with Gasteiger partial charge in [-0.15, -0.1) is 0 Å². The summed E-state index contributed by atoms with van der Waals surface area (Å²) in [7, 11) is -1.72. The molecule has 1 amide bonds. The molecule has 3 aromatic rings. The second-order valence-electron chi connectivity index (χ2n) is 7.80. The van der Waals surface area contributed by atoms with E-state index in [-0.39, 0.29) is 23.9 Å². The Hall–Kier alpha value is -3.66. The molecule has 8 nitrogen and oxygen atoms in total. The van der Waals surface area contributed by atoms with Gasteiger partial charge in [-0.2, -0.15) is 0 Å². The number of aromatic nitrogens is 1. The average Bonchev–Trinajstić information content (AvgIpc) is 2.71. The van der Waals surface area contributed by atoms with E-state index in [4.69, 9.17) is 5.73 Å². The fourth-order valence-electron chi connectivity index (χ4n) is 3.25. The minimum atomic E-state index is -3.44. The number of aryl methyl sites for hydroxylation is 1. The first kappa shape index (κ1) is 24.0. The number of hydrogen-bond acceptors (Lipinski definition) is 7. The Bertz CT molecular complexity index is 1310. The van der Waals surface area contributed by atoms with Crippen molar-refractivity contribution in [3.8, 4) is 17.0 Å². The van der Waals surface area contributed by atoms with Crippen molar-refractivity contribution in [1.29, 1.82) is 0 Å². The highest BCUT2D eigenvalue weighted by Gasteiger charge is 2.15. The van der Waals surface area contributed by atoms with Crippen molar-refractivity contribution in [2.24, 2.45) is 0 Å². The summed E-state index contributed by atoms with van der Waals surface area (Å²) >= 11 is 0. The zero-order valence-electron chi connectivity index (χ0n) is 18.5. The summed E-state index contributed by atoms with van der Waals surface area (Å²) in [6.07, 6.45) is 0.975. The monoisotopic (exact) mass is 472 g/mol. The summed E-state index contributed by atoms with van der Waals surface area (Å²) in [6, 6.07) is 13.0. The van der Waals surface area contributed by atoms with E-state index in [0.717, 1.165) is 11.8 Å². The van der Waals surface area contributed by atoms with E-state index in [9.17, 15) is 22.7 Å². The molecule has 0 aliphatic heterocycles. The standard InChI is InChI=1S/C23H25FN4O4S/c1-14-4-8-20(18(24)10-14)28(2)16-6-9-21(29)17(11-16)19-7-5-15(23(25)27-19)12-26-22(30)13-33(3,31)32/h4-11,29H,12-13H2,1-3H3,(H2,25,27)(H,26,30). The average molecular weight is 473 g/mol. The Balaban J connectivity index is 1.84. The quantitative estimate of drug-likeness (QED) is 0.483. The molecule has 0 radical (unpaired) electrons. The smallest absolute Gasteiger partial charge is 0.235 e. The third-order valence-corrected chi connectivity index (χ3v) is 5.78. The molecule has 0 bridgehead atoms. The number of halogens is 1. The number of benzene rings is 2. The van der Waals surface area contributed by atoms with Crippen LogP contribution in [-0.4, -0.2) is 43.5 Å². The van der Waals surface area contributed by atoms with Crippen LogP contribution in [0.2, 0.25) is 0 Å². The molecule has 0 aliphatic rings. The van der Waals surface area contributed by atoms with Gasteiger partial charge in [0, 0.05) is 36.7 Å². The number of aromatic hydroxyl groups is 1. The van der Waals surface area contributed by atoms with E-state index in [0.29, 0.717) is 28.2 Å². The molecule has 1 aromatic heterocycles. The van der Waals surface area contributed by atoms with Crippen molar-refractivity contribution in [2.75, 3.05) is 29.7 Å². The third-order valence-electron chi connectivity index (χ3n) is 4.99. The Kier molecular flexibility index (Phi) is 6.87. The molecule has 174 valence electrons. The number of hydrogen-bond donors (Lipinski definition) is 3. The van der Waals surface area contributed by atoms with Gasteiger partial charge in [-0.05, 0) is 48.9 Å². The lowest BCUT2D eigenvalue weighted by molar-refractivity contribution is -0.118. The number of phenolic OH excluding ortho intramolecular Hbond substituents is 1. The van der Waals surface area contributed by atoms with E-state index < -0.39 is 21.5 Å². The molecule has 33 heavy (non-hydrogen) atoms. The number of anilines is 3. The van der Waals surface area contributed by atoms with Crippen LogP contribution in [0.25, 0.3) is 11.3 Å². The number of nitrogens with two attached hydrogens (primary N) is 1. The molecule has 0 unspecified atom stereocenters. The summed E-state index contributed by atoms with van der Waals surface area (Å²) in [5, 5.41) is 12.9. The van der Waals surface area contributed by atoms with Gasteiger partial charge in [0.15, 0.2) is 9.84 Å². The predicted molar refractivity (Wildman–Crippen MR) is 127 cm³/mol. The second-order valence-corrected chi connectivity index (χ2v) is 9.94. The predicted octanol–water partition coefficient (Wildman–Crippen LogP) is 2.91. The topological polar surface area (TPSA) is 126 Å². The van der Waals surface area contributed by atoms with Gasteiger partial charge in [-0.3, -0.25) is 4.79 Å². The first-order chi connectivity index (χ1) is 15.4. The number of nitrogens with zero attached hydrogens (tertiary/aromatic N) is 2. The number of amides is 1. The van der Waals surface area contributed by atoms with Crippen LogP contribution < -0.4 is 16.0 Å². The first-order valence-electron chi connectivity index (χ1n) is 9.97. The van der Waals surface area contributed by atoms with Crippen molar-refractivity contribution < 1.29 is 22.7 Å². The fraction of sp³-hybridized carbons (Fsp3) is 0.217. The summed E-state index contributed by atoms with van der Waals surface area (Å²) in [6.45, 7) is 1.82. The molecule has 10 heteroatoms. The van der Waals surface area contributed by atoms with Crippen molar-refractivity contribution in [1.82, 2.24) is 10.3 Å². The molecule has 0 spiro atoms. The molecule has 0 fully saturated rings. The molecule has 3 rings (SSSR count). The highest BCUT2D eigenvalue weighted by Crippen LogP contribution is 2.35. The summed E-state index contributed by atoms with van der Waals surface area (Å²) < 4.78 is 36.8. The Labute approximate surface area is 191 Å². The van der Waals surface area contributed by atoms with Gasteiger partial charge in [0.05, 0.1) is 11.4 Å². The van der Waals surface area contributed by atoms with Gasteiger partial charge in [0.1, 0.15) is 23.1 Å². The minimum absolute atomic E-state index is 0.00886. The van der Waals surface area contributed by atoms with E-state index in [2.05, 4.69) is 10.3 Å². The van der Waals surface area contributed by atoms with Gasteiger partial charge in [-0.25, -0.2) is 17.8 Å². The van der Waals surface area contributed by atoms with Crippen molar-refractivity contribution in [2.45, 2.75) is 13.5 Å². The highest BCUT2D eigenvalue weighted by atomic mass is 32.2. The number of nitrogens with one attached hydrogen (secondary N) is 1. The second kappa shape index (κ2) is 9.45. The lowest BCUT2D eigenvalue weighted by Gasteiger charge is -2.21. The number of phenols is 1. The maximum atomic E-state index is 14.4.